The highest BCUT2D eigenvalue weighted by molar-refractivity contribution is 7.99. The first kappa shape index (κ1) is 29.3. The van der Waals surface area contributed by atoms with Crippen LogP contribution in [0.4, 0.5) is 11.5 Å². The van der Waals surface area contributed by atoms with Crippen molar-refractivity contribution in [3.05, 3.63) is 35.5 Å². The number of anilines is 2. The number of ether oxygens (including phenoxy) is 1. The molecule has 2 saturated heterocycles. The standard InChI is InChI=1S/C28H39ClN6O3S/c1-20-18-34(14-15-35(20)25(36)17-28(2,3)4)24-16-23(29)30-27(31-24)39-19-26(37)33-12-10-32(11-13-33)21-6-8-22(38-5)9-7-21/h6-9,16,20H,10-15,17-19H2,1-5H3. The fourth-order valence-electron chi connectivity index (χ4n) is 4.93. The van der Waals surface area contributed by atoms with Crippen LogP contribution in [0.1, 0.15) is 34.1 Å². The van der Waals surface area contributed by atoms with Crippen molar-refractivity contribution in [1.82, 2.24) is 19.8 Å². The third kappa shape index (κ3) is 7.91. The first-order valence-electron chi connectivity index (χ1n) is 13.4. The molecule has 9 nitrogen and oxygen atoms in total. The van der Waals surface area contributed by atoms with Gasteiger partial charge in [-0.25, -0.2) is 9.97 Å². The summed E-state index contributed by atoms with van der Waals surface area (Å²) in [5, 5.41) is 0.837. The predicted octanol–water partition coefficient (Wildman–Crippen LogP) is 4.05. The molecule has 0 bridgehead atoms. The zero-order chi connectivity index (χ0) is 28.2. The third-order valence-corrected chi connectivity index (χ3v) is 8.03. The minimum absolute atomic E-state index is 0.0399. The third-order valence-electron chi connectivity index (χ3n) is 7.01. The summed E-state index contributed by atoms with van der Waals surface area (Å²) in [6, 6.07) is 9.82. The Balaban J connectivity index is 1.29. The van der Waals surface area contributed by atoms with E-state index in [-0.39, 0.29) is 29.0 Å². The van der Waals surface area contributed by atoms with Crippen LogP contribution in [0.2, 0.25) is 5.15 Å². The number of carbonyl (C=O) groups excluding carboxylic acids is 2. The molecule has 2 aliphatic heterocycles. The van der Waals surface area contributed by atoms with Crippen LogP contribution in [0.5, 0.6) is 5.75 Å². The van der Waals surface area contributed by atoms with E-state index in [9.17, 15) is 9.59 Å². The van der Waals surface area contributed by atoms with E-state index in [1.807, 2.05) is 34.1 Å². The minimum atomic E-state index is -0.0399. The summed E-state index contributed by atoms with van der Waals surface area (Å²) in [6.45, 7) is 13.2. The van der Waals surface area contributed by atoms with E-state index >= 15 is 0 Å². The second-order valence-electron chi connectivity index (χ2n) is 11.3. The van der Waals surface area contributed by atoms with E-state index in [1.54, 1.807) is 13.2 Å². The number of hydrogen-bond donors (Lipinski definition) is 0. The molecule has 2 fully saturated rings. The number of piperazine rings is 2. The molecule has 212 valence electrons. The number of rotatable bonds is 7. The van der Waals surface area contributed by atoms with E-state index in [2.05, 4.69) is 42.5 Å². The molecule has 2 aromatic rings. The molecule has 4 rings (SSSR count). The molecule has 0 aliphatic carbocycles. The van der Waals surface area contributed by atoms with Gasteiger partial charge in [0.2, 0.25) is 11.8 Å². The van der Waals surface area contributed by atoms with Crippen molar-refractivity contribution < 1.29 is 14.3 Å². The maximum atomic E-state index is 12.9. The lowest BCUT2D eigenvalue weighted by Gasteiger charge is -2.41. The molecular weight excluding hydrogens is 536 g/mol. The highest BCUT2D eigenvalue weighted by Gasteiger charge is 2.30. The van der Waals surface area contributed by atoms with Crippen LogP contribution >= 0.6 is 23.4 Å². The number of hydrogen-bond acceptors (Lipinski definition) is 8. The molecule has 1 unspecified atom stereocenters. The van der Waals surface area contributed by atoms with Crippen molar-refractivity contribution in [2.75, 3.05) is 68.5 Å². The maximum Gasteiger partial charge on any atom is 0.233 e. The van der Waals surface area contributed by atoms with Crippen molar-refractivity contribution in [2.45, 2.75) is 45.3 Å². The summed E-state index contributed by atoms with van der Waals surface area (Å²) in [7, 11) is 1.66. The zero-order valence-corrected chi connectivity index (χ0v) is 25.1. The van der Waals surface area contributed by atoms with Gasteiger partial charge < -0.3 is 24.3 Å². The van der Waals surface area contributed by atoms with E-state index < -0.39 is 0 Å². The van der Waals surface area contributed by atoms with Gasteiger partial charge in [-0.05, 0) is 36.6 Å². The zero-order valence-electron chi connectivity index (χ0n) is 23.5. The van der Waals surface area contributed by atoms with Gasteiger partial charge in [0.25, 0.3) is 0 Å². The topological polar surface area (TPSA) is 82.1 Å². The molecule has 0 spiro atoms. The second-order valence-corrected chi connectivity index (χ2v) is 12.6. The molecule has 0 N–H and O–H groups in total. The van der Waals surface area contributed by atoms with E-state index in [1.165, 1.54) is 11.8 Å². The smallest absolute Gasteiger partial charge is 0.233 e. The summed E-state index contributed by atoms with van der Waals surface area (Å²) in [4.78, 5) is 43.1. The SMILES string of the molecule is COc1ccc(N2CCN(C(=O)CSc3nc(Cl)cc(N4CCN(C(=O)CC(C)(C)C)C(C)C4)n3)CC2)cc1. The number of halogens is 1. The molecule has 3 heterocycles. The molecule has 1 aromatic heterocycles. The van der Waals surface area contributed by atoms with Crippen LogP contribution in [0.25, 0.3) is 0 Å². The fourth-order valence-corrected chi connectivity index (χ4v) is 5.91. The fraction of sp³-hybridized carbons (Fsp3) is 0.571. The van der Waals surface area contributed by atoms with Crippen LogP contribution in [0.15, 0.2) is 35.5 Å². The summed E-state index contributed by atoms with van der Waals surface area (Å²) in [5.74, 6) is 2.08. The van der Waals surface area contributed by atoms with Gasteiger partial charge in [-0.1, -0.05) is 44.1 Å². The quantitative estimate of drug-likeness (QED) is 0.278. The highest BCUT2D eigenvalue weighted by Crippen LogP contribution is 2.27. The van der Waals surface area contributed by atoms with Crippen LogP contribution in [0, 0.1) is 5.41 Å². The molecule has 0 saturated carbocycles. The number of methoxy groups -OCH3 is 1. The first-order chi connectivity index (χ1) is 18.5. The van der Waals surface area contributed by atoms with Crippen LogP contribution in [-0.2, 0) is 9.59 Å². The van der Waals surface area contributed by atoms with Crippen molar-refractivity contribution in [1.29, 1.82) is 0 Å². The Morgan fingerprint density at radius 2 is 1.67 bits per heavy atom. The van der Waals surface area contributed by atoms with Crippen LogP contribution < -0.4 is 14.5 Å². The van der Waals surface area contributed by atoms with Gasteiger partial charge in [-0.15, -0.1) is 0 Å². The van der Waals surface area contributed by atoms with Crippen LogP contribution in [-0.4, -0.2) is 96.3 Å². The predicted molar refractivity (Wildman–Crippen MR) is 157 cm³/mol. The largest absolute Gasteiger partial charge is 0.497 e. The average molecular weight is 575 g/mol. The van der Waals surface area contributed by atoms with Gasteiger partial charge in [-0.3, -0.25) is 9.59 Å². The van der Waals surface area contributed by atoms with E-state index in [0.717, 1.165) is 30.3 Å². The second kappa shape index (κ2) is 12.6. The number of amides is 2. The van der Waals surface area contributed by atoms with Crippen molar-refractivity contribution in [3.8, 4) is 5.75 Å². The van der Waals surface area contributed by atoms with Crippen molar-refractivity contribution in [3.63, 3.8) is 0 Å². The monoisotopic (exact) mass is 574 g/mol. The Kier molecular flexibility index (Phi) is 9.48. The lowest BCUT2D eigenvalue weighted by molar-refractivity contribution is -0.135. The number of carbonyl (C=O) groups is 2. The Labute approximate surface area is 240 Å². The van der Waals surface area contributed by atoms with E-state index in [0.29, 0.717) is 49.5 Å². The van der Waals surface area contributed by atoms with Gasteiger partial charge in [0.15, 0.2) is 5.16 Å². The van der Waals surface area contributed by atoms with Gasteiger partial charge in [0.1, 0.15) is 16.7 Å². The molecule has 0 radical (unpaired) electrons. The van der Waals surface area contributed by atoms with Gasteiger partial charge >= 0.3 is 0 Å². The summed E-state index contributed by atoms with van der Waals surface area (Å²) in [5.41, 5.74) is 1.09. The first-order valence-corrected chi connectivity index (χ1v) is 14.8. The van der Waals surface area contributed by atoms with Crippen molar-refractivity contribution >= 4 is 46.7 Å². The van der Waals surface area contributed by atoms with Gasteiger partial charge in [0, 0.05) is 70.0 Å². The summed E-state index contributed by atoms with van der Waals surface area (Å²) >= 11 is 7.66. The van der Waals surface area contributed by atoms with Gasteiger partial charge in [-0.2, -0.15) is 0 Å². The molecule has 1 atom stereocenters. The normalized spacial score (nSPS) is 18.4. The summed E-state index contributed by atoms with van der Waals surface area (Å²) in [6.07, 6.45) is 0.530. The number of nitrogens with zero attached hydrogens (tertiary/aromatic N) is 6. The summed E-state index contributed by atoms with van der Waals surface area (Å²) < 4.78 is 5.24. The molecule has 2 amide bonds. The number of benzene rings is 1. The Morgan fingerprint density at radius 3 is 2.28 bits per heavy atom. The molecule has 11 heteroatoms. The Morgan fingerprint density at radius 1 is 1.00 bits per heavy atom. The Hall–Kier alpha value is -2.72. The molecule has 1 aromatic carbocycles. The van der Waals surface area contributed by atoms with Crippen LogP contribution in [0.3, 0.4) is 0 Å². The molecule has 2 aliphatic rings. The van der Waals surface area contributed by atoms with Crippen molar-refractivity contribution in [2.24, 2.45) is 5.41 Å². The highest BCUT2D eigenvalue weighted by atomic mass is 35.5. The number of thioether (sulfide) groups is 1. The van der Waals surface area contributed by atoms with Gasteiger partial charge in [0.05, 0.1) is 12.9 Å². The molecule has 39 heavy (non-hydrogen) atoms. The lowest BCUT2D eigenvalue weighted by atomic mass is 9.91. The van der Waals surface area contributed by atoms with E-state index in [4.69, 9.17) is 21.3 Å². The lowest BCUT2D eigenvalue weighted by Crippen LogP contribution is -2.54. The average Bonchev–Trinajstić information content (AvgIpc) is 2.90. The Bertz CT molecular complexity index is 1150. The molecular formula is C28H39ClN6O3S. The maximum absolute atomic E-state index is 12.9. The minimum Gasteiger partial charge on any atom is -0.497 e. The number of aromatic nitrogens is 2.